The Hall–Kier alpha value is -3.08. The van der Waals surface area contributed by atoms with Crippen molar-refractivity contribution in [1.82, 2.24) is 14.8 Å². The largest absolute Gasteiger partial charge is 0.495 e. The molecule has 2 heterocycles. The number of para-hydroxylation sites is 1. The molecule has 0 bridgehead atoms. The maximum atomic E-state index is 13.5. The van der Waals surface area contributed by atoms with Crippen LogP contribution in [0.15, 0.2) is 36.5 Å². The van der Waals surface area contributed by atoms with Gasteiger partial charge in [-0.2, -0.15) is 0 Å². The maximum absolute atomic E-state index is 13.5. The number of amides is 1. The van der Waals surface area contributed by atoms with E-state index in [0.717, 1.165) is 25.1 Å². The molecule has 1 amide bonds. The van der Waals surface area contributed by atoms with Gasteiger partial charge in [-0.1, -0.05) is 37.8 Å². The van der Waals surface area contributed by atoms with Crippen LogP contribution in [0.3, 0.4) is 0 Å². The lowest BCUT2D eigenvalue weighted by Crippen LogP contribution is -2.50. The summed E-state index contributed by atoms with van der Waals surface area (Å²) in [5.74, 6) is 7.05. The number of hydrogen-bond acceptors (Lipinski definition) is 6. The summed E-state index contributed by atoms with van der Waals surface area (Å²) in [7, 11) is 3.68. The van der Waals surface area contributed by atoms with Crippen molar-refractivity contribution in [3.05, 3.63) is 53.2 Å². The van der Waals surface area contributed by atoms with Gasteiger partial charge in [-0.15, -0.1) is 0 Å². The number of hydrogen-bond donors (Lipinski definition) is 1. The molecule has 0 fully saturated rings. The fourth-order valence-electron chi connectivity index (χ4n) is 4.06. The molecule has 34 heavy (non-hydrogen) atoms. The highest BCUT2D eigenvalue weighted by Gasteiger charge is 2.34. The molecule has 2 aromatic rings. The van der Waals surface area contributed by atoms with E-state index in [1.807, 2.05) is 31.2 Å². The van der Waals surface area contributed by atoms with Crippen LogP contribution in [0, 0.1) is 17.8 Å². The zero-order valence-corrected chi connectivity index (χ0v) is 20.7. The average molecular weight is 466 g/mol. The van der Waals surface area contributed by atoms with Crippen molar-refractivity contribution < 1.29 is 19.4 Å². The van der Waals surface area contributed by atoms with Gasteiger partial charge in [-0.05, 0) is 45.1 Å². The first kappa shape index (κ1) is 25.5. The molecule has 0 saturated heterocycles. The maximum Gasteiger partial charge on any atom is 0.259 e. The standard InChI is InChI=1S/C27H35N3O4/c1-6-13-29(4)17-25-19(2)16-30(20(3)18-31)27(32)23-14-21(15-28-26(23)34-25)11-12-22-9-7-8-10-24(22)33-5/h7-10,14-15,19-20,25,31H,6,13,16-18H2,1-5H3/t19-,20+,25-/m0/s1. The number of pyridine rings is 1. The predicted octanol–water partition coefficient (Wildman–Crippen LogP) is 3.05. The fraction of sp³-hybridized carbons (Fsp3) is 0.481. The first-order chi connectivity index (χ1) is 16.4. The molecule has 0 radical (unpaired) electrons. The second-order valence-electron chi connectivity index (χ2n) is 8.91. The van der Waals surface area contributed by atoms with E-state index in [9.17, 15) is 9.90 Å². The number of likely N-dealkylation sites (N-methyl/N-ethyl adjacent to an activating group) is 1. The normalized spacial score (nSPS) is 18.8. The highest BCUT2D eigenvalue weighted by molar-refractivity contribution is 5.97. The number of aromatic nitrogens is 1. The Morgan fingerprint density at radius 3 is 2.82 bits per heavy atom. The van der Waals surface area contributed by atoms with E-state index in [2.05, 4.69) is 42.6 Å². The van der Waals surface area contributed by atoms with Crippen LogP contribution in [0.5, 0.6) is 11.6 Å². The topological polar surface area (TPSA) is 75.1 Å². The first-order valence-corrected chi connectivity index (χ1v) is 11.8. The molecule has 0 unspecified atom stereocenters. The summed E-state index contributed by atoms with van der Waals surface area (Å²) in [4.78, 5) is 22.0. The summed E-state index contributed by atoms with van der Waals surface area (Å²) in [6.45, 7) is 8.13. The summed E-state index contributed by atoms with van der Waals surface area (Å²) in [6.07, 6.45) is 2.54. The SMILES string of the molecule is CCCN(C)C[C@@H]1Oc2ncc(C#Cc3ccccc3OC)cc2C(=O)N([C@H](C)CO)C[C@@H]1C. The summed E-state index contributed by atoms with van der Waals surface area (Å²) in [5, 5.41) is 9.81. The van der Waals surface area contributed by atoms with Crippen LogP contribution in [0.4, 0.5) is 0 Å². The number of fused-ring (bicyclic) bond motifs is 1. The smallest absolute Gasteiger partial charge is 0.259 e. The van der Waals surface area contributed by atoms with E-state index < -0.39 is 0 Å². The Labute approximate surface area is 202 Å². The number of aliphatic hydroxyl groups is 1. The Morgan fingerprint density at radius 1 is 1.35 bits per heavy atom. The lowest BCUT2D eigenvalue weighted by atomic mass is 10.00. The van der Waals surface area contributed by atoms with E-state index >= 15 is 0 Å². The number of rotatable bonds is 7. The van der Waals surface area contributed by atoms with Gasteiger partial charge in [0.15, 0.2) is 0 Å². The fourth-order valence-corrected chi connectivity index (χ4v) is 4.06. The van der Waals surface area contributed by atoms with Crippen molar-refractivity contribution in [2.45, 2.75) is 39.3 Å². The molecule has 3 rings (SSSR count). The van der Waals surface area contributed by atoms with Crippen LogP contribution in [-0.4, -0.2) is 78.3 Å². The minimum atomic E-state index is -0.321. The van der Waals surface area contributed by atoms with Gasteiger partial charge >= 0.3 is 0 Å². The predicted molar refractivity (Wildman–Crippen MR) is 132 cm³/mol. The number of benzene rings is 1. The molecule has 1 aromatic heterocycles. The number of carbonyl (C=O) groups excluding carboxylic acids is 1. The number of ether oxygens (including phenoxy) is 2. The van der Waals surface area contributed by atoms with Gasteiger partial charge < -0.3 is 24.4 Å². The zero-order valence-electron chi connectivity index (χ0n) is 20.7. The lowest BCUT2D eigenvalue weighted by molar-refractivity contribution is 0.0331. The van der Waals surface area contributed by atoms with Crippen molar-refractivity contribution in [3.8, 4) is 23.5 Å². The number of aliphatic hydroxyl groups excluding tert-OH is 1. The van der Waals surface area contributed by atoms with Crippen LogP contribution in [0.25, 0.3) is 0 Å². The van der Waals surface area contributed by atoms with Crippen molar-refractivity contribution in [2.24, 2.45) is 5.92 Å². The molecule has 7 heteroatoms. The van der Waals surface area contributed by atoms with Crippen LogP contribution < -0.4 is 9.47 Å². The number of methoxy groups -OCH3 is 1. The quantitative estimate of drug-likeness (QED) is 0.634. The molecule has 1 N–H and O–H groups in total. The Balaban J connectivity index is 1.99. The van der Waals surface area contributed by atoms with Crippen molar-refractivity contribution in [3.63, 3.8) is 0 Å². The van der Waals surface area contributed by atoms with Crippen LogP contribution >= 0.6 is 0 Å². The van der Waals surface area contributed by atoms with Crippen LogP contribution in [0.1, 0.15) is 48.7 Å². The summed E-state index contributed by atoms with van der Waals surface area (Å²) >= 11 is 0. The second kappa shape index (κ2) is 11.9. The van der Waals surface area contributed by atoms with Gasteiger partial charge in [0.1, 0.15) is 17.4 Å². The van der Waals surface area contributed by atoms with Gasteiger partial charge in [0.05, 0.1) is 25.3 Å². The van der Waals surface area contributed by atoms with Gasteiger partial charge in [0, 0.05) is 30.8 Å². The monoisotopic (exact) mass is 465 g/mol. The van der Waals surface area contributed by atoms with E-state index in [-0.39, 0.29) is 30.6 Å². The van der Waals surface area contributed by atoms with E-state index in [1.165, 1.54) is 0 Å². The molecule has 1 aliphatic heterocycles. The van der Waals surface area contributed by atoms with E-state index in [1.54, 1.807) is 24.3 Å². The van der Waals surface area contributed by atoms with Crippen molar-refractivity contribution >= 4 is 5.91 Å². The summed E-state index contributed by atoms with van der Waals surface area (Å²) < 4.78 is 11.7. The van der Waals surface area contributed by atoms with Crippen LogP contribution in [0.2, 0.25) is 0 Å². The van der Waals surface area contributed by atoms with Gasteiger partial charge in [-0.25, -0.2) is 4.98 Å². The first-order valence-electron chi connectivity index (χ1n) is 11.8. The third-order valence-electron chi connectivity index (χ3n) is 6.07. The minimum Gasteiger partial charge on any atom is -0.495 e. The van der Waals surface area contributed by atoms with Gasteiger partial charge in [0.25, 0.3) is 5.91 Å². The number of carbonyl (C=O) groups is 1. The molecule has 0 saturated carbocycles. The molecular formula is C27H35N3O4. The van der Waals surface area contributed by atoms with Gasteiger partial charge in [-0.3, -0.25) is 4.79 Å². The average Bonchev–Trinajstić information content (AvgIpc) is 2.84. The summed E-state index contributed by atoms with van der Waals surface area (Å²) in [5.41, 5.74) is 1.72. The lowest BCUT2D eigenvalue weighted by Gasteiger charge is -2.37. The highest BCUT2D eigenvalue weighted by Crippen LogP contribution is 2.27. The molecule has 3 atom stereocenters. The van der Waals surface area contributed by atoms with Crippen LogP contribution in [-0.2, 0) is 0 Å². The number of nitrogens with zero attached hydrogens (tertiary/aromatic N) is 3. The van der Waals surface area contributed by atoms with E-state index in [4.69, 9.17) is 9.47 Å². The van der Waals surface area contributed by atoms with E-state index in [0.29, 0.717) is 29.3 Å². The van der Waals surface area contributed by atoms with Crippen molar-refractivity contribution in [2.75, 3.05) is 40.4 Å². The molecule has 7 nitrogen and oxygen atoms in total. The Bertz CT molecular complexity index is 1050. The molecule has 182 valence electrons. The molecular weight excluding hydrogens is 430 g/mol. The van der Waals surface area contributed by atoms with Gasteiger partial charge in [0.2, 0.25) is 5.88 Å². The Kier molecular flexibility index (Phi) is 8.91. The molecule has 0 aliphatic carbocycles. The Morgan fingerprint density at radius 2 is 2.12 bits per heavy atom. The second-order valence-corrected chi connectivity index (χ2v) is 8.91. The third-order valence-corrected chi connectivity index (χ3v) is 6.07. The molecule has 1 aromatic carbocycles. The molecule has 1 aliphatic rings. The zero-order chi connectivity index (χ0) is 24.7. The molecule has 0 spiro atoms. The third kappa shape index (κ3) is 6.07. The minimum absolute atomic E-state index is 0.0669. The summed E-state index contributed by atoms with van der Waals surface area (Å²) in [6, 6.07) is 8.92. The van der Waals surface area contributed by atoms with Crippen molar-refractivity contribution in [1.29, 1.82) is 0 Å². The highest BCUT2D eigenvalue weighted by atomic mass is 16.5.